The minimum atomic E-state index is -0.303. The number of aliphatic hydroxyl groups is 1. The molecule has 1 aliphatic heterocycles. The van der Waals surface area contributed by atoms with Crippen LogP contribution in [0.1, 0.15) is 58.2 Å². The van der Waals surface area contributed by atoms with Crippen molar-refractivity contribution in [2.75, 3.05) is 40.6 Å². The van der Waals surface area contributed by atoms with Gasteiger partial charge in [-0.15, -0.1) is 11.3 Å². The van der Waals surface area contributed by atoms with Gasteiger partial charge in [-0.2, -0.15) is 0 Å². The maximum absolute atomic E-state index is 13.1. The van der Waals surface area contributed by atoms with E-state index in [1.165, 1.54) is 11.3 Å². The second-order valence-corrected chi connectivity index (χ2v) is 11.7. The maximum atomic E-state index is 13.1. The number of amides is 2. The fourth-order valence-electron chi connectivity index (χ4n) is 5.17. The Kier molecular flexibility index (Phi) is 9.92. The highest BCUT2D eigenvalue weighted by Crippen LogP contribution is 2.32. The summed E-state index contributed by atoms with van der Waals surface area (Å²) in [6.07, 6.45) is 7.75. The average molecular weight is 595 g/mol. The van der Waals surface area contributed by atoms with Gasteiger partial charge in [0.1, 0.15) is 0 Å². The van der Waals surface area contributed by atoms with Crippen molar-refractivity contribution >= 4 is 57.7 Å². The van der Waals surface area contributed by atoms with Gasteiger partial charge < -0.3 is 25.5 Å². The van der Waals surface area contributed by atoms with E-state index in [2.05, 4.69) is 39.5 Å². The van der Waals surface area contributed by atoms with E-state index in [1.807, 2.05) is 85.2 Å². The van der Waals surface area contributed by atoms with Crippen LogP contribution < -0.4 is 20.4 Å². The van der Waals surface area contributed by atoms with Crippen LogP contribution in [0.5, 0.6) is 0 Å². The summed E-state index contributed by atoms with van der Waals surface area (Å²) >= 11 is 1.41. The van der Waals surface area contributed by atoms with E-state index in [0.717, 1.165) is 60.5 Å². The van der Waals surface area contributed by atoms with Crippen LogP contribution in [0.3, 0.4) is 0 Å². The monoisotopic (exact) mass is 594 g/mol. The van der Waals surface area contributed by atoms with Crippen molar-refractivity contribution in [1.82, 2.24) is 0 Å². The largest absolute Gasteiger partial charge is 0.391 e. The van der Waals surface area contributed by atoms with E-state index in [-0.39, 0.29) is 17.9 Å². The molecule has 0 spiro atoms. The molecular formula is C35H38N4O3S. The van der Waals surface area contributed by atoms with Gasteiger partial charge >= 0.3 is 0 Å². The number of nitrogens with one attached hydrogen (secondary N) is 2. The highest BCUT2D eigenvalue weighted by molar-refractivity contribution is 7.12. The zero-order chi connectivity index (χ0) is 30.2. The van der Waals surface area contributed by atoms with Crippen molar-refractivity contribution in [2.24, 2.45) is 0 Å². The first kappa shape index (κ1) is 30.1. The second kappa shape index (κ2) is 14.2. The lowest BCUT2D eigenvalue weighted by Gasteiger charge is -2.32. The number of unbranched alkanes of at least 4 members (excludes halogenated alkanes) is 1. The molecule has 0 aliphatic carbocycles. The molecule has 0 radical (unpaired) electrons. The predicted molar refractivity (Wildman–Crippen MR) is 179 cm³/mol. The third kappa shape index (κ3) is 7.71. The van der Waals surface area contributed by atoms with Crippen molar-refractivity contribution in [2.45, 2.75) is 38.7 Å². The van der Waals surface area contributed by atoms with Gasteiger partial charge in [0, 0.05) is 54.1 Å². The molecule has 4 aromatic rings. The molecule has 0 bridgehead atoms. The summed E-state index contributed by atoms with van der Waals surface area (Å²) in [4.78, 5) is 30.5. The van der Waals surface area contributed by atoms with E-state index < -0.39 is 0 Å². The zero-order valence-corrected chi connectivity index (χ0v) is 25.4. The quantitative estimate of drug-likeness (QED) is 0.175. The van der Waals surface area contributed by atoms with Gasteiger partial charge in [-0.25, -0.2) is 0 Å². The molecule has 7 nitrogen and oxygen atoms in total. The zero-order valence-electron chi connectivity index (χ0n) is 24.6. The van der Waals surface area contributed by atoms with Crippen molar-refractivity contribution < 1.29 is 14.7 Å². The second-order valence-electron chi connectivity index (χ2n) is 10.7. The Balaban J connectivity index is 1.29. The van der Waals surface area contributed by atoms with Crippen LogP contribution in [-0.4, -0.2) is 43.2 Å². The molecule has 43 heavy (non-hydrogen) atoms. The molecule has 1 saturated heterocycles. The molecule has 8 heteroatoms. The molecule has 1 fully saturated rings. The van der Waals surface area contributed by atoms with Crippen LogP contribution >= 0.6 is 11.3 Å². The first-order valence-corrected chi connectivity index (χ1v) is 15.6. The maximum Gasteiger partial charge on any atom is 0.265 e. The number of allylic oxidation sites excluding steroid dienone is 1. The highest BCUT2D eigenvalue weighted by Gasteiger charge is 2.18. The topological polar surface area (TPSA) is 84.9 Å². The molecule has 1 atom stereocenters. The fourth-order valence-corrected chi connectivity index (χ4v) is 5.79. The van der Waals surface area contributed by atoms with Crippen LogP contribution in [0, 0.1) is 0 Å². The van der Waals surface area contributed by atoms with E-state index in [9.17, 15) is 14.7 Å². The first-order valence-electron chi connectivity index (χ1n) is 14.7. The molecule has 5 rings (SSSR count). The number of anilines is 5. The SMILES string of the molecule is CCC/C=C/c1cc(NC(=O)c2ccc(N3CCCC(O)C3)cc2)ccc1N(C)c1ccc(NC(=O)c2cccs2)cc1. The smallest absolute Gasteiger partial charge is 0.265 e. The number of rotatable bonds is 10. The summed E-state index contributed by atoms with van der Waals surface area (Å²) in [5.41, 5.74) is 6.00. The van der Waals surface area contributed by atoms with E-state index in [4.69, 9.17) is 0 Å². The van der Waals surface area contributed by atoms with Gasteiger partial charge in [0.25, 0.3) is 11.8 Å². The Labute approximate surface area is 257 Å². The lowest BCUT2D eigenvalue weighted by atomic mass is 10.1. The summed E-state index contributed by atoms with van der Waals surface area (Å²) < 4.78 is 0. The molecular weight excluding hydrogens is 556 g/mol. The highest BCUT2D eigenvalue weighted by atomic mass is 32.1. The lowest BCUT2D eigenvalue weighted by Crippen LogP contribution is -2.38. The number of β-amino-alcohol motifs (C(OH)–C–C–N with tert-alkyl or cyclic N) is 1. The Morgan fingerprint density at radius 1 is 1.00 bits per heavy atom. The van der Waals surface area contributed by atoms with Crippen LogP contribution in [0.4, 0.5) is 28.4 Å². The molecule has 222 valence electrons. The molecule has 1 aromatic heterocycles. The number of piperidine rings is 1. The summed E-state index contributed by atoms with van der Waals surface area (Å²) in [5.74, 6) is -0.287. The van der Waals surface area contributed by atoms with Gasteiger partial charge in [0.15, 0.2) is 0 Å². The lowest BCUT2D eigenvalue weighted by molar-refractivity contribution is 0.102. The van der Waals surface area contributed by atoms with Crippen molar-refractivity contribution in [3.8, 4) is 0 Å². The van der Waals surface area contributed by atoms with Crippen molar-refractivity contribution in [3.05, 3.63) is 106 Å². The minimum Gasteiger partial charge on any atom is -0.391 e. The van der Waals surface area contributed by atoms with Crippen LogP contribution in [0.15, 0.2) is 90.3 Å². The summed E-state index contributed by atoms with van der Waals surface area (Å²) in [6, 6.07) is 24.9. The Morgan fingerprint density at radius 2 is 1.74 bits per heavy atom. The first-order chi connectivity index (χ1) is 20.9. The number of thiophene rings is 1. The molecule has 0 saturated carbocycles. The summed E-state index contributed by atoms with van der Waals surface area (Å²) in [5, 5.41) is 17.9. The van der Waals surface area contributed by atoms with E-state index >= 15 is 0 Å². The van der Waals surface area contributed by atoms with E-state index in [0.29, 0.717) is 22.7 Å². The molecule has 2 amide bonds. The Hall–Kier alpha value is -4.40. The molecule has 1 unspecified atom stereocenters. The number of hydrogen-bond donors (Lipinski definition) is 3. The number of nitrogens with zero attached hydrogens (tertiary/aromatic N) is 2. The average Bonchev–Trinajstić information content (AvgIpc) is 3.57. The summed E-state index contributed by atoms with van der Waals surface area (Å²) in [7, 11) is 2.01. The third-order valence-electron chi connectivity index (χ3n) is 7.55. The molecule has 3 aromatic carbocycles. The van der Waals surface area contributed by atoms with Gasteiger partial charge in [0.05, 0.1) is 11.0 Å². The summed E-state index contributed by atoms with van der Waals surface area (Å²) in [6.45, 7) is 3.68. The Bertz CT molecular complexity index is 1550. The van der Waals surface area contributed by atoms with E-state index in [1.54, 1.807) is 6.07 Å². The number of benzene rings is 3. The van der Waals surface area contributed by atoms with Crippen LogP contribution in [-0.2, 0) is 0 Å². The molecule has 3 N–H and O–H groups in total. The minimum absolute atomic E-state index is 0.116. The van der Waals surface area contributed by atoms with Gasteiger partial charge in [-0.05, 0) is 103 Å². The van der Waals surface area contributed by atoms with Crippen molar-refractivity contribution in [3.63, 3.8) is 0 Å². The van der Waals surface area contributed by atoms with Gasteiger partial charge in [0.2, 0.25) is 0 Å². The number of hydrogen-bond acceptors (Lipinski definition) is 6. The molecule has 1 aliphatic rings. The fraction of sp³-hybridized carbons (Fsp3) is 0.257. The van der Waals surface area contributed by atoms with Gasteiger partial charge in [-0.3, -0.25) is 9.59 Å². The Morgan fingerprint density at radius 3 is 2.44 bits per heavy atom. The molecule has 2 heterocycles. The predicted octanol–water partition coefficient (Wildman–Crippen LogP) is 7.80. The van der Waals surface area contributed by atoms with Crippen LogP contribution in [0.25, 0.3) is 6.08 Å². The van der Waals surface area contributed by atoms with Gasteiger partial charge in [-0.1, -0.05) is 31.6 Å². The number of carbonyl (C=O) groups excluding carboxylic acids is 2. The third-order valence-corrected chi connectivity index (χ3v) is 8.42. The standard InChI is InChI=1S/C35H38N4O3S/c1-3-4-5-8-26-23-28(37-34(41)25-11-16-30(17-12-25)39-21-6-9-31(40)24-39)15-20-32(26)38(2)29-18-13-27(14-19-29)36-35(42)33-10-7-22-43-33/h5,7-8,10-20,22-23,31,40H,3-4,6,9,21,24H2,1-2H3,(H,36,42)(H,37,41)/b8-5+. The number of aliphatic hydroxyl groups excluding tert-OH is 1. The van der Waals surface area contributed by atoms with Crippen LogP contribution in [0.2, 0.25) is 0 Å². The number of carbonyl (C=O) groups is 2. The van der Waals surface area contributed by atoms with Crippen molar-refractivity contribution in [1.29, 1.82) is 0 Å². The normalized spacial score (nSPS) is 15.0.